The molecule has 0 unspecified atom stereocenters. The van der Waals surface area contributed by atoms with Crippen molar-refractivity contribution in [2.45, 2.75) is 51.6 Å². The van der Waals surface area contributed by atoms with Crippen molar-refractivity contribution in [1.82, 2.24) is 18.8 Å². The summed E-state index contributed by atoms with van der Waals surface area (Å²) in [6.07, 6.45) is 4.08. The second-order valence-corrected chi connectivity index (χ2v) is 16.7. The summed E-state index contributed by atoms with van der Waals surface area (Å²) in [6.45, 7) is 5.85. The third-order valence-electron chi connectivity index (χ3n) is 11.6. The second kappa shape index (κ2) is 13.7. The summed E-state index contributed by atoms with van der Waals surface area (Å²) in [5.74, 6) is -2.60. The Balaban J connectivity index is 1.11. The Morgan fingerprint density at radius 2 is 1.77 bits per heavy atom. The van der Waals surface area contributed by atoms with Crippen LogP contribution < -0.4 is 20.1 Å². The average Bonchev–Trinajstić information content (AvgIpc) is 3.87. The van der Waals surface area contributed by atoms with Crippen molar-refractivity contribution in [3.05, 3.63) is 68.3 Å². The number of ether oxygens (including phenoxy) is 1. The fourth-order valence-electron chi connectivity index (χ4n) is 8.07. The molecule has 1 atom stereocenters. The summed E-state index contributed by atoms with van der Waals surface area (Å²) in [4.78, 5) is 48.1. The first kappa shape index (κ1) is 36.3. The first-order chi connectivity index (χ1) is 24.7. The zero-order chi connectivity index (χ0) is 37.1. The minimum absolute atomic E-state index is 0.0707. The van der Waals surface area contributed by atoms with Crippen molar-refractivity contribution in [2.75, 3.05) is 83.9 Å². The molecule has 2 saturated heterocycles. The molecule has 13 nitrogen and oxygen atoms in total. The van der Waals surface area contributed by atoms with Crippen LogP contribution in [0.25, 0.3) is 11.0 Å². The first-order valence-corrected chi connectivity index (χ1v) is 19.3. The van der Waals surface area contributed by atoms with Crippen LogP contribution >= 0.6 is 0 Å². The van der Waals surface area contributed by atoms with Gasteiger partial charge in [-0.3, -0.25) is 14.5 Å². The molecule has 3 aromatic rings. The van der Waals surface area contributed by atoms with E-state index in [4.69, 9.17) is 9.15 Å². The van der Waals surface area contributed by atoms with Gasteiger partial charge in [0.2, 0.25) is 0 Å². The molecule has 52 heavy (non-hydrogen) atoms. The van der Waals surface area contributed by atoms with Gasteiger partial charge in [-0.1, -0.05) is 0 Å². The molecule has 1 saturated carbocycles. The number of nitrogens with zero attached hydrogens (tertiary/aromatic N) is 5. The molecule has 3 aliphatic heterocycles. The van der Waals surface area contributed by atoms with Gasteiger partial charge in [-0.05, 0) is 81.3 Å². The van der Waals surface area contributed by atoms with Crippen LogP contribution in [0, 0.1) is 18.2 Å². The van der Waals surface area contributed by atoms with Crippen molar-refractivity contribution in [1.29, 1.82) is 0 Å². The van der Waals surface area contributed by atoms with Gasteiger partial charge in [0, 0.05) is 77.1 Å². The van der Waals surface area contributed by atoms with E-state index in [1.165, 1.54) is 20.2 Å². The maximum atomic E-state index is 15.7. The van der Waals surface area contributed by atoms with Gasteiger partial charge in [-0.2, -0.15) is 12.7 Å². The average molecular weight is 739 g/mol. The van der Waals surface area contributed by atoms with Gasteiger partial charge < -0.3 is 23.9 Å². The molecule has 1 aromatic heterocycles. The third kappa shape index (κ3) is 6.67. The number of carbonyl (C=O) groups excluding carboxylic acids is 2. The fourth-order valence-corrected chi connectivity index (χ4v) is 9.20. The first-order valence-electron chi connectivity index (χ1n) is 17.9. The summed E-state index contributed by atoms with van der Waals surface area (Å²) in [5.41, 5.74) is 2.92. The monoisotopic (exact) mass is 738 g/mol. The number of carbonyl (C=O) groups is 2. The minimum atomic E-state index is -4.15. The number of methoxy groups -OCH3 is 1. The molecule has 1 N–H and O–H groups in total. The molecule has 2 aromatic carbocycles. The Morgan fingerprint density at radius 1 is 1.04 bits per heavy atom. The van der Waals surface area contributed by atoms with Gasteiger partial charge >= 0.3 is 15.8 Å². The van der Waals surface area contributed by atoms with Crippen molar-refractivity contribution in [2.24, 2.45) is 5.41 Å². The standard InChI is InChI=1S/C37H47FN6O7S/c1-23-31(42-17-16-41(4)24(20-42)22-50-5)7-6-26-25-8-13-43(21-29(25)36(47)51-33(23)26)35(46)27-19-32(40(2)3)28(18-30(27)38)34(45)39-52(48,49)44-14-11-37(9-10-37)12-15-44/h6-7,18-19,24H,8-17,20-22H2,1-5H3,(H,39,45)/t24-/m1/s1. The van der Waals surface area contributed by atoms with E-state index in [0.29, 0.717) is 37.3 Å². The summed E-state index contributed by atoms with van der Waals surface area (Å²) < 4.78 is 56.7. The maximum Gasteiger partial charge on any atom is 0.341 e. The molecular formula is C37H47FN6O7S. The number of aryl methyl sites for hydroxylation is 1. The number of hydrogen-bond acceptors (Lipinski definition) is 10. The molecule has 1 spiro atoms. The summed E-state index contributed by atoms with van der Waals surface area (Å²) in [5, 5.41) is 0.813. The topological polar surface area (TPSA) is 136 Å². The Kier molecular flexibility index (Phi) is 9.59. The number of anilines is 2. The van der Waals surface area contributed by atoms with Crippen molar-refractivity contribution < 1.29 is 31.6 Å². The maximum absolute atomic E-state index is 15.7. The number of nitrogens with one attached hydrogen (secondary N) is 1. The third-order valence-corrected chi connectivity index (χ3v) is 13.1. The predicted molar refractivity (Wildman–Crippen MR) is 196 cm³/mol. The quantitative estimate of drug-likeness (QED) is 0.344. The van der Waals surface area contributed by atoms with Crippen molar-refractivity contribution >= 4 is 44.4 Å². The summed E-state index contributed by atoms with van der Waals surface area (Å²) in [6, 6.07) is 6.43. The van der Waals surface area contributed by atoms with E-state index in [1.807, 2.05) is 13.0 Å². The minimum Gasteiger partial charge on any atom is -0.422 e. The van der Waals surface area contributed by atoms with Crippen LogP contribution in [0.3, 0.4) is 0 Å². The summed E-state index contributed by atoms with van der Waals surface area (Å²) in [7, 11) is 2.88. The Morgan fingerprint density at radius 3 is 2.44 bits per heavy atom. The predicted octanol–water partition coefficient (Wildman–Crippen LogP) is 3.12. The number of rotatable bonds is 8. The highest BCUT2D eigenvalue weighted by atomic mass is 32.2. The van der Waals surface area contributed by atoms with Crippen LogP contribution in [-0.4, -0.2) is 115 Å². The Labute approximate surface area is 303 Å². The molecule has 7 rings (SSSR count). The van der Waals surface area contributed by atoms with Gasteiger partial charge in [-0.15, -0.1) is 0 Å². The zero-order valence-corrected chi connectivity index (χ0v) is 31.3. The number of fused-ring (bicyclic) bond motifs is 3. The van der Waals surface area contributed by atoms with Gasteiger partial charge in [-0.25, -0.2) is 13.9 Å². The van der Waals surface area contributed by atoms with Crippen LogP contribution in [-0.2, 0) is 27.9 Å². The number of piperazine rings is 1. The van der Waals surface area contributed by atoms with E-state index >= 15 is 4.39 Å². The lowest BCUT2D eigenvalue weighted by atomic mass is 9.95. The zero-order valence-electron chi connectivity index (χ0n) is 30.5. The van der Waals surface area contributed by atoms with Crippen LogP contribution in [0.2, 0.25) is 0 Å². The molecule has 4 heterocycles. The lowest BCUT2D eigenvalue weighted by Crippen LogP contribution is -2.53. The summed E-state index contributed by atoms with van der Waals surface area (Å²) >= 11 is 0. The molecule has 1 aliphatic carbocycles. The van der Waals surface area contributed by atoms with Crippen LogP contribution in [0.4, 0.5) is 15.8 Å². The second-order valence-electron chi connectivity index (χ2n) is 15.0. The molecule has 0 bridgehead atoms. The number of likely N-dealkylation sites (N-methyl/N-ethyl adjacent to an activating group) is 1. The fraction of sp³-hybridized carbons (Fsp3) is 0.541. The molecular weight excluding hydrogens is 692 g/mol. The van der Waals surface area contributed by atoms with Crippen molar-refractivity contribution in [3.63, 3.8) is 0 Å². The van der Waals surface area contributed by atoms with E-state index in [2.05, 4.69) is 27.6 Å². The van der Waals surface area contributed by atoms with E-state index in [1.54, 1.807) is 21.2 Å². The molecule has 3 fully saturated rings. The van der Waals surface area contributed by atoms with Gasteiger partial charge in [0.05, 0.1) is 41.6 Å². The molecule has 15 heteroatoms. The lowest BCUT2D eigenvalue weighted by molar-refractivity contribution is 0.0727. The highest BCUT2D eigenvalue weighted by molar-refractivity contribution is 7.87. The Hall–Kier alpha value is -4.05. The molecule has 2 amide bonds. The number of amides is 2. The molecule has 0 radical (unpaired) electrons. The molecule has 4 aliphatic rings. The van der Waals surface area contributed by atoms with Gasteiger partial charge in [0.1, 0.15) is 11.4 Å². The van der Waals surface area contributed by atoms with Gasteiger partial charge in [0.25, 0.3) is 11.8 Å². The van der Waals surface area contributed by atoms with E-state index in [9.17, 15) is 22.8 Å². The lowest BCUT2D eigenvalue weighted by Gasteiger charge is -2.41. The van der Waals surface area contributed by atoms with Crippen LogP contribution in [0.15, 0.2) is 33.5 Å². The molecule has 280 valence electrons. The number of hydrogen-bond donors (Lipinski definition) is 1. The Bertz CT molecular complexity index is 2090. The van der Waals surface area contributed by atoms with Crippen molar-refractivity contribution in [3.8, 4) is 0 Å². The SMILES string of the molecule is COC[C@H]1CN(c2ccc3c4c(c(=O)oc3c2C)CN(C(=O)c2cc(N(C)C)c(C(=O)NS(=O)(=O)N3CCC5(CC3)CC5)cc2F)CC4)CCN1C. The van der Waals surface area contributed by atoms with Gasteiger partial charge in [0.15, 0.2) is 0 Å². The number of halogens is 1. The highest BCUT2D eigenvalue weighted by Gasteiger charge is 2.46. The normalized spacial score (nSPS) is 20.6. The van der Waals surface area contributed by atoms with E-state index in [-0.39, 0.29) is 41.4 Å². The van der Waals surface area contributed by atoms with E-state index < -0.39 is 33.5 Å². The largest absolute Gasteiger partial charge is 0.422 e. The smallest absolute Gasteiger partial charge is 0.341 e. The van der Waals surface area contributed by atoms with E-state index in [0.717, 1.165) is 73.6 Å². The number of benzene rings is 2. The van der Waals surface area contributed by atoms with Crippen LogP contribution in [0.5, 0.6) is 0 Å². The number of piperidine rings is 1. The highest BCUT2D eigenvalue weighted by Crippen LogP contribution is 2.53. The van der Waals surface area contributed by atoms with Crippen LogP contribution in [0.1, 0.15) is 63.1 Å².